The van der Waals surface area contributed by atoms with E-state index < -0.39 is 23.9 Å². The lowest BCUT2D eigenvalue weighted by atomic mass is 10.0. The second-order valence-electron chi connectivity index (χ2n) is 8.05. The zero-order valence-electron chi connectivity index (χ0n) is 19.3. The van der Waals surface area contributed by atoms with Crippen LogP contribution in [0.5, 0.6) is 0 Å². The van der Waals surface area contributed by atoms with Gasteiger partial charge in [0.1, 0.15) is 22.1 Å². The number of rotatable bonds is 7. The van der Waals surface area contributed by atoms with E-state index in [-0.39, 0.29) is 27.8 Å². The largest absolute Gasteiger partial charge is 0.365 e. The lowest BCUT2D eigenvalue weighted by Crippen LogP contribution is -2.18. The van der Waals surface area contributed by atoms with Gasteiger partial charge in [-0.1, -0.05) is 0 Å². The Morgan fingerprint density at radius 1 is 1.22 bits per heavy atom. The second kappa shape index (κ2) is 9.48. The SMILES string of the molecule is Cc1c(-c2cc(C(F)F)nc3sc(C(N)=O)c(NC(=O)c4ccn(Cn5cc(Br)cn5)n4)c23)cnn1C. The van der Waals surface area contributed by atoms with E-state index in [1.54, 1.807) is 41.9 Å². The van der Waals surface area contributed by atoms with Gasteiger partial charge in [-0.15, -0.1) is 11.3 Å². The number of hydrogen-bond acceptors (Lipinski definition) is 7. The van der Waals surface area contributed by atoms with Gasteiger partial charge < -0.3 is 11.1 Å². The number of primary amides is 1. The van der Waals surface area contributed by atoms with Crippen molar-refractivity contribution in [3.63, 3.8) is 0 Å². The normalized spacial score (nSPS) is 11.5. The summed E-state index contributed by atoms with van der Waals surface area (Å²) < 4.78 is 32.9. The number of carbonyl (C=O) groups excluding carboxylic acids is 2. The van der Waals surface area contributed by atoms with E-state index in [4.69, 9.17) is 5.73 Å². The fourth-order valence-electron chi connectivity index (χ4n) is 3.80. The van der Waals surface area contributed by atoms with Gasteiger partial charge in [0.25, 0.3) is 18.2 Å². The van der Waals surface area contributed by atoms with Gasteiger partial charge in [-0.05, 0) is 40.5 Å². The van der Waals surface area contributed by atoms with Gasteiger partial charge in [-0.2, -0.15) is 15.3 Å². The van der Waals surface area contributed by atoms with Crippen molar-refractivity contribution in [2.75, 3.05) is 5.32 Å². The number of nitrogens with two attached hydrogens (primary N) is 1. The summed E-state index contributed by atoms with van der Waals surface area (Å²) in [6.07, 6.45) is 3.66. The number of nitrogens with zero attached hydrogens (tertiary/aromatic N) is 7. The Hall–Kier alpha value is -3.98. The van der Waals surface area contributed by atoms with E-state index in [9.17, 15) is 18.4 Å². The summed E-state index contributed by atoms with van der Waals surface area (Å²) in [5.41, 5.74) is 6.87. The molecule has 0 bridgehead atoms. The minimum absolute atomic E-state index is 0.0223. The molecule has 0 unspecified atom stereocenters. The molecule has 5 heterocycles. The summed E-state index contributed by atoms with van der Waals surface area (Å²) in [6.45, 7) is 2.04. The number of carbonyl (C=O) groups is 2. The monoisotopic (exact) mass is 589 g/mol. The van der Waals surface area contributed by atoms with Crippen LogP contribution in [0.4, 0.5) is 14.5 Å². The Morgan fingerprint density at radius 3 is 2.62 bits per heavy atom. The molecule has 0 fully saturated rings. The maximum Gasteiger partial charge on any atom is 0.280 e. The zero-order valence-corrected chi connectivity index (χ0v) is 21.7. The van der Waals surface area contributed by atoms with Crippen molar-refractivity contribution in [1.29, 1.82) is 0 Å². The van der Waals surface area contributed by atoms with Gasteiger partial charge in [0.2, 0.25) is 0 Å². The van der Waals surface area contributed by atoms with E-state index >= 15 is 0 Å². The minimum atomic E-state index is -2.85. The molecular weight excluding hydrogens is 572 g/mol. The fourth-order valence-corrected chi connectivity index (χ4v) is 5.14. The fraction of sp³-hybridized carbons (Fsp3) is 0.182. The van der Waals surface area contributed by atoms with Crippen molar-refractivity contribution >= 4 is 55.0 Å². The Bertz CT molecular complexity index is 1670. The quantitative estimate of drug-likeness (QED) is 0.294. The molecule has 2 amide bonds. The Morgan fingerprint density at radius 2 is 2.00 bits per heavy atom. The summed E-state index contributed by atoms with van der Waals surface area (Å²) in [5.74, 6) is -1.45. The van der Waals surface area contributed by atoms with Crippen LogP contribution in [-0.2, 0) is 13.7 Å². The average Bonchev–Trinajstić information content (AvgIpc) is 3.62. The minimum Gasteiger partial charge on any atom is -0.365 e. The number of hydrogen-bond donors (Lipinski definition) is 2. The van der Waals surface area contributed by atoms with Crippen LogP contribution < -0.4 is 11.1 Å². The van der Waals surface area contributed by atoms with E-state index in [0.717, 1.165) is 15.8 Å². The number of aryl methyl sites for hydroxylation is 1. The molecule has 0 atom stereocenters. The van der Waals surface area contributed by atoms with E-state index in [1.807, 2.05) is 0 Å². The molecule has 0 radical (unpaired) electrons. The third-order valence-corrected chi connectivity index (χ3v) is 7.17. The van der Waals surface area contributed by atoms with Crippen molar-refractivity contribution in [2.24, 2.45) is 12.8 Å². The number of amides is 2. The predicted molar refractivity (Wildman–Crippen MR) is 136 cm³/mol. The van der Waals surface area contributed by atoms with E-state index in [2.05, 4.69) is 41.5 Å². The zero-order chi connectivity index (χ0) is 26.4. The molecule has 5 rings (SSSR count). The van der Waals surface area contributed by atoms with Crippen LogP contribution in [-0.4, -0.2) is 46.1 Å². The van der Waals surface area contributed by atoms with Crippen LogP contribution in [0.25, 0.3) is 21.3 Å². The van der Waals surface area contributed by atoms with Crippen molar-refractivity contribution < 1.29 is 18.4 Å². The molecule has 3 N–H and O–H groups in total. The van der Waals surface area contributed by atoms with Gasteiger partial charge in [0.05, 0.1) is 22.6 Å². The summed E-state index contributed by atoms with van der Waals surface area (Å²) >= 11 is 4.15. The van der Waals surface area contributed by atoms with Crippen molar-refractivity contribution in [2.45, 2.75) is 20.0 Å². The van der Waals surface area contributed by atoms with E-state index in [1.165, 1.54) is 23.0 Å². The third-order valence-electron chi connectivity index (χ3n) is 5.66. The maximum absolute atomic E-state index is 13.7. The van der Waals surface area contributed by atoms with Gasteiger partial charge in [-0.3, -0.25) is 19.0 Å². The molecule has 0 aliphatic heterocycles. The highest BCUT2D eigenvalue weighted by Gasteiger charge is 2.26. The summed E-state index contributed by atoms with van der Waals surface area (Å²) in [5, 5.41) is 15.6. The third kappa shape index (κ3) is 4.62. The molecule has 0 aromatic carbocycles. The number of pyridine rings is 1. The lowest BCUT2D eigenvalue weighted by Gasteiger charge is -2.10. The molecule has 0 saturated carbocycles. The molecule has 0 saturated heterocycles. The van der Waals surface area contributed by atoms with Gasteiger partial charge in [-0.25, -0.2) is 18.4 Å². The lowest BCUT2D eigenvalue weighted by molar-refractivity contribution is 0.100. The van der Waals surface area contributed by atoms with E-state index in [0.29, 0.717) is 22.2 Å². The molecule has 15 heteroatoms. The summed E-state index contributed by atoms with van der Waals surface area (Å²) in [6, 6.07) is 2.74. The van der Waals surface area contributed by atoms with Crippen LogP contribution in [0.3, 0.4) is 0 Å². The highest BCUT2D eigenvalue weighted by Crippen LogP contribution is 2.43. The van der Waals surface area contributed by atoms with Crippen molar-refractivity contribution in [3.05, 3.63) is 63.4 Å². The molecule has 11 nitrogen and oxygen atoms in total. The molecular formula is C22H18BrF2N9O2S. The summed E-state index contributed by atoms with van der Waals surface area (Å²) in [4.78, 5) is 29.6. The molecule has 5 aromatic heterocycles. The number of alkyl halides is 2. The first-order valence-electron chi connectivity index (χ1n) is 10.7. The molecule has 5 aromatic rings. The van der Waals surface area contributed by atoms with Crippen LogP contribution in [0.15, 0.2) is 41.4 Å². The first-order chi connectivity index (χ1) is 17.6. The molecule has 0 aliphatic rings. The highest BCUT2D eigenvalue weighted by molar-refractivity contribution is 9.10. The van der Waals surface area contributed by atoms with Gasteiger partial charge in [0.15, 0.2) is 5.69 Å². The standard InChI is InChI=1S/C22H18BrF2N9O2S/c1-10-13(7-27-32(10)2)12-5-15(19(24)25)29-22-16(12)17(18(37-22)20(26)35)30-21(36)14-3-4-33(31-14)9-34-8-11(23)6-28-34/h3-8,19H,9H2,1-2H3,(H2,26,35)(H,30,36). The number of thiophene rings is 1. The Labute approximate surface area is 220 Å². The number of halogens is 3. The Kier molecular flexibility index (Phi) is 6.33. The molecule has 37 heavy (non-hydrogen) atoms. The van der Waals surface area contributed by atoms with Crippen molar-refractivity contribution in [3.8, 4) is 11.1 Å². The van der Waals surface area contributed by atoms with Gasteiger partial charge >= 0.3 is 0 Å². The van der Waals surface area contributed by atoms with Crippen LogP contribution >= 0.6 is 27.3 Å². The number of nitrogens with one attached hydrogen (secondary N) is 1. The van der Waals surface area contributed by atoms with Crippen LogP contribution in [0.2, 0.25) is 0 Å². The molecule has 0 aliphatic carbocycles. The average molecular weight is 590 g/mol. The van der Waals surface area contributed by atoms with Crippen LogP contribution in [0.1, 0.15) is 38.0 Å². The van der Waals surface area contributed by atoms with Crippen LogP contribution in [0, 0.1) is 6.92 Å². The first kappa shape index (κ1) is 24.7. The Balaban J connectivity index is 1.59. The number of fused-ring (bicyclic) bond motifs is 1. The number of anilines is 1. The maximum atomic E-state index is 13.7. The summed E-state index contributed by atoms with van der Waals surface area (Å²) in [7, 11) is 1.72. The van der Waals surface area contributed by atoms with Gasteiger partial charge in [0, 0.05) is 36.1 Å². The number of aromatic nitrogens is 7. The molecule has 0 spiro atoms. The smallest absolute Gasteiger partial charge is 0.280 e. The highest BCUT2D eigenvalue weighted by atomic mass is 79.9. The second-order valence-corrected chi connectivity index (χ2v) is 9.96. The van der Waals surface area contributed by atoms with Crippen molar-refractivity contribution in [1.82, 2.24) is 34.3 Å². The molecule has 190 valence electrons. The topological polar surface area (TPSA) is 139 Å². The predicted octanol–water partition coefficient (Wildman–Crippen LogP) is 3.96. The first-order valence-corrected chi connectivity index (χ1v) is 12.3.